The van der Waals surface area contributed by atoms with Gasteiger partial charge in [-0.2, -0.15) is 0 Å². The molecule has 3 heteroatoms. The van der Waals surface area contributed by atoms with E-state index in [2.05, 4.69) is 0 Å². The van der Waals surface area contributed by atoms with Crippen LogP contribution in [0, 0.1) is 0 Å². The first kappa shape index (κ1) is 10.8. The lowest BCUT2D eigenvalue weighted by atomic mass is 9.95. The first-order valence-electron chi connectivity index (χ1n) is 5.16. The zero-order chi connectivity index (χ0) is 10.7. The van der Waals surface area contributed by atoms with Gasteiger partial charge in [0.1, 0.15) is 11.9 Å². The Hall–Kier alpha value is -0.730. The summed E-state index contributed by atoms with van der Waals surface area (Å²) in [5.41, 5.74) is 1.14. The van der Waals surface area contributed by atoms with Crippen LogP contribution in [0.2, 0.25) is 0 Å². The Morgan fingerprint density at radius 3 is 2.87 bits per heavy atom. The van der Waals surface area contributed by atoms with Crippen molar-refractivity contribution in [3.8, 4) is 5.75 Å². The minimum atomic E-state index is 0.297. The van der Waals surface area contributed by atoms with Crippen molar-refractivity contribution < 1.29 is 9.47 Å². The second-order valence-electron chi connectivity index (χ2n) is 3.89. The first-order chi connectivity index (χ1) is 7.28. The molecule has 0 aliphatic heterocycles. The van der Waals surface area contributed by atoms with Crippen LogP contribution in [0.25, 0.3) is 0 Å². The summed E-state index contributed by atoms with van der Waals surface area (Å²) < 4.78 is 10.8. The second-order valence-corrected chi connectivity index (χ2v) is 4.51. The molecule has 0 radical (unpaired) electrons. The van der Waals surface area contributed by atoms with E-state index in [1.807, 2.05) is 24.3 Å². The number of hydrogen-bond acceptors (Lipinski definition) is 2. The van der Waals surface area contributed by atoms with Crippen molar-refractivity contribution in [2.75, 3.05) is 7.11 Å². The van der Waals surface area contributed by atoms with E-state index in [1.165, 1.54) is 0 Å². The first-order valence-corrected chi connectivity index (χ1v) is 5.60. The fourth-order valence-corrected chi connectivity index (χ4v) is 2.06. The van der Waals surface area contributed by atoms with Crippen LogP contribution in [0.5, 0.6) is 5.75 Å². The fourth-order valence-electron chi connectivity index (χ4n) is 1.67. The Labute approximate surface area is 95.1 Å². The summed E-state index contributed by atoms with van der Waals surface area (Å²) in [5.74, 6) is 0.915. The van der Waals surface area contributed by atoms with Crippen LogP contribution in [0.15, 0.2) is 24.3 Å². The molecule has 0 N–H and O–H groups in total. The lowest BCUT2D eigenvalue weighted by molar-refractivity contribution is 0.123. The highest BCUT2D eigenvalue weighted by molar-refractivity contribution is 6.21. The maximum Gasteiger partial charge on any atom is 0.120 e. The summed E-state index contributed by atoms with van der Waals surface area (Å²) >= 11 is 5.89. The minimum absolute atomic E-state index is 0.297. The molecule has 1 saturated carbocycles. The molecule has 15 heavy (non-hydrogen) atoms. The summed E-state index contributed by atoms with van der Waals surface area (Å²) in [6, 6.07) is 8.01. The highest BCUT2D eigenvalue weighted by atomic mass is 35.5. The van der Waals surface area contributed by atoms with Crippen LogP contribution in [0.4, 0.5) is 0 Å². The van der Waals surface area contributed by atoms with Crippen LogP contribution >= 0.6 is 11.6 Å². The molecule has 0 atom stereocenters. The zero-order valence-electron chi connectivity index (χ0n) is 8.78. The molecule has 1 aromatic carbocycles. The van der Waals surface area contributed by atoms with E-state index < -0.39 is 0 Å². The number of hydrogen-bond donors (Lipinski definition) is 0. The predicted octanol–water partition coefficient (Wildman–Crippen LogP) is 2.98. The summed E-state index contributed by atoms with van der Waals surface area (Å²) in [6.07, 6.45) is 2.21. The monoisotopic (exact) mass is 226 g/mol. The van der Waals surface area contributed by atoms with Crippen molar-refractivity contribution in [3.63, 3.8) is 0 Å². The van der Waals surface area contributed by atoms with E-state index in [1.54, 1.807) is 7.11 Å². The van der Waals surface area contributed by atoms with Gasteiger partial charge in [-0.05, 0) is 17.7 Å². The van der Waals surface area contributed by atoms with Crippen LogP contribution in [-0.2, 0) is 11.3 Å². The quantitative estimate of drug-likeness (QED) is 0.735. The molecule has 0 spiro atoms. The molecule has 0 unspecified atom stereocenters. The summed E-state index contributed by atoms with van der Waals surface area (Å²) in [4.78, 5) is 0. The molecule has 1 aliphatic rings. The number of halogens is 1. The highest BCUT2D eigenvalue weighted by Gasteiger charge is 2.28. The molecule has 1 aliphatic carbocycles. The van der Waals surface area contributed by atoms with Crippen LogP contribution in [0.1, 0.15) is 18.4 Å². The third-order valence-corrected chi connectivity index (χ3v) is 2.91. The maximum absolute atomic E-state index is 5.89. The molecule has 2 nitrogen and oxygen atoms in total. The third-order valence-electron chi connectivity index (χ3n) is 2.55. The van der Waals surface area contributed by atoms with Gasteiger partial charge in [0, 0.05) is 25.3 Å². The largest absolute Gasteiger partial charge is 0.490 e. The lowest BCUT2D eigenvalue weighted by Crippen LogP contribution is -2.34. The van der Waals surface area contributed by atoms with Crippen molar-refractivity contribution in [1.29, 1.82) is 0 Å². The van der Waals surface area contributed by atoms with Gasteiger partial charge in [-0.15, -0.1) is 11.6 Å². The molecule has 0 amide bonds. The zero-order valence-corrected chi connectivity index (χ0v) is 9.54. The van der Waals surface area contributed by atoms with Crippen molar-refractivity contribution in [2.24, 2.45) is 0 Å². The summed E-state index contributed by atoms with van der Waals surface area (Å²) in [6.45, 7) is 0.625. The molecule has 0 saturated heterocycles. The Balaban J connectivity index is 1.93. The Morgan fingerprint density at radius 2 is 2.20 bits per heavy atom. The normalized spacial score (nSPS) is 24.7. The van der Waals surface area contributed by atoms with Gasteiger partial charge in [0.2, 0.25) is 0 Å². The van der Waals surface area contributed by atoms with Gasteiger partial charge in [-0.3, -0.25) is 0 Å². The standard InChI is InChI=1S/C12H15ClO2/c1-14-8-9-3-2-4-11(5-9)15-12-6-10(13)7-12/h2-5,10,12H,6-8H2,1H3. The van der Waals surface area contributed by atoms with Crippen molar-refractivity contribution >= 4 is 11.6 Å². The molecule has 1 fully saturated rings. The van der Waals surface area contributed by atoms with E-state index >= 15 is 0 Å². The molecule has 1 aromatic rings. The van der Waals surface area contributed by atoms with Crippen LogP contribution in [-0.4, -0.2) is 18.6 Å². The second kappa shape index (κ2) is 4.86. The van der Waals surface area contributed by atoms with Gasteiger partial charge in [0.05, 0.1) is 6.61 Å². The van der Waals surface area contributed by atoms with Crippen molar-refractivity contribution in [3.05, 3.63) is 29.8 Å². The molecule has 82 valence electrons. The molecular weight excluding hydrogens is 212 g/mol. The number of ether oxygens (including phenoxy) is 2. The Bertz CT molecular complexity index is 321. The molecule has 0 bridgehead atoms. The van der Waals surface area contributed by atoms with Gasteiger partial charge in [0.25, 0.3) is 0 Å². The minimum Gasteiger partial charge on any atom is -0.490 e. The van der Waals surface area contributed by atoms with Gasteiger partial charge in [-0.25, -0.2) is 0 Å². The smallest absolute Gasteiger partial charge is 0.120 e. The number of alkyl halides is 1. The molecule has 2 rings (SSSR count). The number of benzene rings is 1. The molecule has 0 heterocycles. The molecular formula is C12H15ClO2. The van der Waals surface area contributed by atoms with Crippen LogP contribution < -0.4 is 4.74 Å². The fraction of sp³-hybridized carbons (Fsp3) is 0.500. The average Bonchev–Trinajstić information content (AvgIpc) is 2.17. The van der Waals surface area contributed by atoms with E-state index in [0.717, 1.165) is 24.2 Å². The van der Waals surface area contributed by atoms with Gasteiger partial charge >= 0.3 is 0 Å². The topological polar surface area (TPSA) is 18.5 Å². The third kappa shape index (κ3) is 2.86. The molecule has 0 aromatic heterocycles. The highest BCUT2D eigenvalue weighted by Crippen LogP contribution is 2.29. The summed E-state index contributed by atoms with van der Waals surface area (Å²) in [7, 11) is 1.69. The van der Waals surface area contributed by atoms with Crippen LogP contribution in [0.3, 0.4) is 0 Å². The van der Waals surface area contributed by atoms with Crippen molar-refractivity contribution in [1.82, 2.24) is 0 Å². The Kier molecular flexibility index (Phi) is 3.49. The number of rotatable bonds is 4. The number of methoxy groups -OCH3 is 1. The van der Waals surface area contributed by atoms with E-state index in [-0.39, 0.29) is 0 Å². The predicted molar refractivity (Wildman–Crippen MR) is 60.4 cm³/mol. The Morgan fingerprint density at radius 1 is 1.40 bits per heavy atom. The van der Waals surface area contributed by atoms with E-state index in [0.29, 0.717) is 18.1 Å². The van der Waals surface area contributed by atoms with Gasteiger partial charge in [0.15, 0.2) is 0 Å². The SMILES string of the molecule is COCc1cccc(OC2CC(Cl)C2)c1. The van der Waals surface area contributed by atoms with Crippen molar-refractivity contribution in [2.45, 2.75) is 30.9 Å². The average molecular weight is 227 g/mol. The van der Waals surface area contributed by atoms with Gasteiger partial charge in [-0.1, -0.05) is 12.1 Å². The lowest BCUT2D eigenvalue weighted by Gasteiger charge is -2.31. The van der Waals surface area contributed by atoms with E-state index in [9.17, 15) is 0 Å². The maximum atomic E-state index is 5.89. The van der Waals surface area contributed by atoms with Gasteiger partial charge < -0.3 is 9.47 Å². The van der Waals surface area contributed by atoms with E-state index in [4.69, 9.17) is 21.1 Å². The summed E-state index contributed by atoms with van der Waals surface area (Å²) in [5, 5.41) is 0.303.